The van der Waals surface area contributed by atoms with E-state index in [2.05, 4.69) is 34.6 Å². The van der Waals surface area contributed by atoms with Gasteiger partial charge >= 0.3 is 17.9 Å². The van der Waals surface area contributed by atoms with Crippen molar-refractivity contribution in [2.75, 3.05) is 13.2 Å². The van der Waals surface area contributed by atoms with Gasteiger partial charge in [-0.05, 0) is 31.1 Å². The quantitative estimate of drug-likeness (QED) is 0.0350. The maximum Gasteiger partial charge on any atom is 0.306 e. The van der Waals surface area contributed by atoms with E-state index in [-0.39, 0.29) is 31.1 Å². The first-order valence-electron chi connectivity index (χ1n) is 23.8. The van der Waals surface area contributed by atoms with Crippen LogP contribution < -0.4 is 0 Å². The van der Waals surface area contributed by atoms with Crippen molar-refractivity contribution in [3.8, 4) is 0 Å². The number of carbonyl (C=O) groups excluding carboxylic acids is 3. The molecule has 0 rings (SSSR count). The van der Waals surface area contributed by atoms with Crippen LogP contribution >= 0.6 is 0 Å². The van der Waals surface area contributed by atoms with Gasteiger partial charge < -0.3 is 14.2 Å². The molecule has 0 aromatic heterocycles. The fourth-order valence-corrected chi connectivity index (χ4v) is 7.04. The molecule has 6 heteroatoms. The number of ether oxygens (including phenoxy) is 3. The summed E-state index contributed by atoms with van der Waals surface area (Å²) in [5.74, 6) is 0.824. The van der Waals surface area contributed by atoms with Crippen molar-refractivity contribution >= 4 is 17.9 Å². The molecule has 0 aliphatic carbocycles. The smallest absolute Gasteiger partial charge is 0.306 e. The molecule has 0 saturated carbocycles. The van der Waals surface area contributed by atoms with E-state index >= 15 is 0 Å². The Morgan fingerprint density at radius 2 is 0.648 bits per heavy atom. The Kier molecular flexibility index (Phi) is 39.8. The molecule has 0 aromatic carbocycles. The highest BCUT2D eigenvalue weighted by Gasteiger charge is 2.19. The number of esters is 3. The van der Waals surface area contributed by atoms with Gasteiger partial charge in [-0.15, -0.1) is 0 Å². The molecule has 0 aliphatic rings. The molecule has 0 N–H and O–H groups in total. The third kappa shape index (κ3) is 38.7. The second-order valence-electron chi connectivity index (χ2n) is 16.9. The van der Waals surface area contributed by atoms with Gasteiger partial charge in [-0.3, -0.25) is 14.4 Å². The maximum absolute atomic E-state index is 12.7. The van der Waals surface area contributed by atoms with Gasteiger partial charge in [0.2, 0.25) is 0 Å². The predicted molar refractivity (Wildman–Crippen MR) is 229 cm³/mol. The van der Waals surface area contributed by atoms with Crippen LogP contribution in [0, 0.1) is 11.8 Å². The van der Waals surface area contributed by atoms with Gasteiger partial charge in [-0.25, -0.2) is 0 Å². The number of unbranched alkanes of at least 4 members (excludes halogenated alkanes) is 25. The van der Waals surface area contributed by atoms with Crippen LogP contribution in [0.2, 0.25) is 0 Å². The van der Waals surface area contributed by atoms with Crippen molar-refractivity contribution in [1.82, 2.24) is 0 Å². The Balaban J connectivity index is 4.35. The molecule has 0 radical (unpaired) electrons. The van der Waals surface area contributed by atoms with Crippen molar-refractivity contribution < 1.29 is 28.6 Å². The van der Waals surface area contributed by atoms with Crippen LogP contribution in [0.1, 0.15) is 259 Å². The van der Waals surface area contributed by atoms with E-state index in [1.807, 2.05) is 0 Å². The van der Waals surface area contributed by atoms with E-state index in [1.165, 1.54) is 148 Å². The Morgan fingerprint density at radius 3 is 0.963 bits per heavy atom. The van der Waals surface area contributed by atoms with Crippen LogP contribution in [-0.4, -0.2) is 37.2 Å². The Hall–Kier alpha value is -1.59. The van der Waals surface area contributed by atoms with E-state index in [1.54, 1.807) is 0 Å². The fraction of sp³-hybridized carbons (Fsp3) is 0.938. The first-order chi connectivity index (χ1) is 26.3. The minimum absolute atomic E-state index is 0.0651. The minimum Gasteiger partial charge on any atom is -0.462 e. The molecule has 0 saturated heterocycles. The van der Waals surface area contributed by atoms with Crippen molar-refractivity contribution in [1.29, 1.82) is 0 Å². The molecule has 54 heavy (non-hydrogen) atoms. The summed E-state index contributed by atoms with van der Waals surface area (Å²) < 4.78 is 16.7. The molecule has 0 spiro atoms. The van der Waals surface area contributed by atoms with E-state index < -0.39 is 6.10 Å². The van der Waals surface area contributed by atoms with Gasteiger partial charge in [0, 0.05) is 19.3 Å². The third-order valence-corrected chi connectivity index (χ3v) is 11.4. The topological polar surface area (TPSA) is 78.9 Å². The maximum atomic E-state index is 12.7. The SMILES string of the molecule is CCCCCCCCCCCCCCC(=O)OC[C@@H](COC(=O)CCCCCCCCC(C)CC)OC(=O)CCCCCCCCCCCCC(C)CC. The second-order valence-corrected chi connectivity index (χ2v) is 16.9. The summed E-state index contributed by atoms with van der Waals surface area (Å²) >= 11 is 0. The monoisotopic (exact) mass is 765 g/mol. The first-order valence-corrected chi connectivity index (χ1v) is 23.8. The molecule has 2 unspecified atom stereocenters. The Bertz CT molecular complexity index is 828. The summed E-state index contributed by atoms with van der Waals surface area (Å²) in [6, 6.07) is 0. The number of hydrogen-bond acceptors (Lipinski definition) is 6. The van der Waals surface area contributed by atoms with Crippen molar-refractivity contribution in [3.05, 3.63) is 0 Å². The zero-order valence-electron chi connectivity index (χ0n) is 36.8. The van der Waals surface area contributed by atoms with Crippen LogP contribution in [-0.2, 0) is 28.6 Å². The predicted octanol–water partition coefficient (Wildman–Crippen LogP) is 15.0. The Morgan fingerprint density at radius 1 is 0.370 bits per heavy atom. The molecule has 320 valence electrons. The molecule has 0 bridgehead atoms. The molecular weight excluding hydrogens is 673 g/mol. The van der Waals surface area contributed by atoms with Gasteiger partial charge in [0.1, 0.15) is 13.2 Å². The summed E-state index contributed by atoms with van der Waals surface area (Å²) in [7, 11) is 0. The van der Waals surface area contributed by atoms with Crippen LogP contribution in [0.4, 0.5) is 0 Å². The number of hydrogen-bond donors (Lipinski definition) is 0. The summed E-state index contributed by atoms with van der Waals surface area (Å²) in [5, 5.41) is 0. The Labute approximate surface area is 336 Å². The lowest BCUT2D eigenvalue weighted by atomic mass is 9.99. The molecule has 0 amide bonds. The average Bonchev–Trinajstić information content (AvgIpc) is 3.17. The van der Waals surface area contributed by atoms with E-state index in [9.17, 15) is 14.4 Å². The van der Waals surface area contributed by atoms with Crippen molar-refractivity contribution in [3.63, 3.8) is 0 Å². The lowest BCUT2D eigenvalue weighted by Gasteiger charge is -2.18. The van der Waals surface area contributed by atoms with Crippen LogP contribution in [0.3, 0.4) is 0 Å². The largest absolute Gasteiger partial charge is 0.462 e. The summed E-state index contributed by atoms with van der Waals surface area (Å²) in [5.41, 5.74) is 0. The van der Waals surface area contributed by atoms with Gasteiger partial charge in [0.05, 0.1) is 0 Å². The van der Waals surface area contributed by atoms with Gasteiger partial charge in [0.25, 0.3) is 0 Å². The standard InChI is InChI=1S/C48H92O6/c1-6-9-10-11-12-13-14-15-19-22-28-33-38-46(49)52-41-45(42-53-47(50)39-34-29-25-24-27-32-37-44(5)8-3)54-48(51)40-35-30-23-20-17-16-18-21-26-31-36-43(4)7-2/h43-45H,6-42H2,1-5H3/t43?,44?,45-/m0/s1. The fourth-order valence-electron chi connectivity index (χ4n) is 7.04. The van der Waals surface area contributed by atoms with Gasteiger partial charge in [0.15, 0.2) is 6.10 Å². The minimum atomic E-state index is -0.761. The zero-order chi connectivity index (χ0) is 39.7. The molecule has 0 aromatic rings. The molecule has 0 aliphatic heterocycles. The third-order valence-electron chi connectivity index (χ3n) is 11.4. The van der Waals surface area contributed by atoms with Crippen molar-refractivity contribution in [2.45, 2.75) is 265 Å². The van der Waals surface area contributed by atoms with E-state index in [0.717, 1.165) is 69.6 Å². The molecular formula is C48H92O6. The average molecular weight is 765 g/mol. The van der Waals surface area contributed by atoms with Crippen LogP contribution in [0.5, 0.6) is 0 Å². The molecule has 0 heterocycles. The summed E-state index contributed by atoms with van der Waals surface area (Å²) in [6.45, 7) is 11.3. The highest BCUT2D eigenvalue weighted by atomic mass is 16.6. The van der Waals surface area contributed by atoms with E-state index in [0.29, 0.717) is 19.3 Å². The normalized spacial score (nSPS) is 13.1. The molecule has 0 fully saturated rings. The lowest BCUT2D eigenvalue weighted by molar-refractivity contribution is -0.167. The van der Waals surface area contributed by atoms with Crippen LogP contribution in [0.15, 0.2) is 0 Å². The first kappa shape index (κ1) is 52.4. The molecule has 6 nitrogen and oxygen atoms in total. The summed E-state index contributed by atoms with van der Waals surface area (Å²) in [4.78, 5) is 37.8. The van der Waals surface area contributed by atoms with Gasteiger partial charge in [-0.2, -0.15) is 0 Å². The van der Waals surface area contributed by atoms with Crippen LogP contribution in [0.25, 0.3) is 0 Å². The van der Waals surface area contributed by atoms with Gasteiger partial charge in [-0.1, -0.05) is 221 Å². The highest BCUT2D eigenvalue weighted by molar-refractivity contribution is 5.71. The van der Waals surface area contributed by atoms with E-state index in [4.69, 9.17) is 14.2 Å². The second kappa shape index (κ2) is 41.1. The number of carbonyl (C=O) groups is 3. The van der Waals surface area contributed by atoms with Crippen molar-refractivity contribution in [2.24, 2.45) is 11.8 Å². The lowest BCUT2D eigenvalue weighted by Crippen LogP contribution is -2.30. The summed E-state index contributed by atoms with van der Waals surface area (Å²) in [6.07, 6.45) is 39.3. The number of rotatable bonds is 42. The molecule has 3 atom stereocenters. The zero-order valence-corrected chi connectivity index (χ0v) is 36.8. The highest BCUT2D eigenvalue weighted by Crippen LogP contribution is 2.17.